The summed E-state index contributed by atoms with van der Waals surface area (Å²) in [5.74, 6) is 0.434. The molecule has 0 spiro atoms. The second-order valence-electron chi connectivity index (χ2n) is 7.67. The molecule has 1 atom stereocenters. The molecule has 1 aliphatic rings. The van der Waals surface area contributed by atoms with Crippen LogP contribution < -0.4 is 4.74 Å². The van der Waals surface area contributed by atoms with Crippen LogP contribution in [0.15, 0.2) is 41.3 Å². The first-order valence-electron chi connectivity index (χ1n) is 9.88. The number of halogens is 1. The molecule has 2 aromatic carbocycles. The highest BCUT2D eigenvalue weighted by Crippen LogP contribution is 2.27. The van der Waals surface area contributed by atoms with Crippen LogP contribution in [0.5, 0.6) is 5.75 Å². The number of amides is 1. The summed E-state index contributed by atoms with van der Waals surface area (Å²) < 4.78 is 32.9. The Hall–Kier alpha value is -2.09. The van der Waals surface area contributed by atoms with E-state index < -0.39 is 16.1 Å². The zero-order chi connectivity index (χ0) is 22.1. The zero-order valence-corrected chi connectivity index (χ0v) is 19.3. The van der Waals surface area contributed by atoms with Crippen molar-refractivity contribution in [3.63, 3.8) is 0 Å². The monoisotopic (exact) mass is 450 g/mol. The van der Waals surface area contributed by atoms with E-state index in [2.05, 4.69) is 0 Å². The standard InChI is InChI=1S/C22H27ClN2O4S/c1-15-5-7-20(8-6-15)30(27,28)25-11-9-24(10-12-25)22(26)18(4)29-19-13-16(2)21(23)17(3)14-19/h5-8,13-14,18H,9-12H2,1-4H3/t18-/m0/s1. The van der Waals surface area contributed by atoms with E-state index in [1.54, 1.807) is 36.1 Å². The number of aryl methyl sites for hydroxylation is 3. The zero-order valence-electron chi connectivity index (χ0n) is 17.7. The van der Waals surface area contributed by atoms with Crippen molar-refractivity contribution in [1.29, 1.82) is 0 Å². The van der Waals surface area contributed by atoms with Crippen LogP contribution in [0.3, 0.4) is 0 Å². The number of ether oxygens (including phenoxy) is 1. The highest BCUT2D eigenvalue weighted by Gasteiger charge is 2.32. The van der Waals surface area contributed by atoms with Gasteiger partial charge in [0.05, 0.1) is 4.90 Å². The summed E-state index contributed by atoms with van der Waals surface area (Å²) in [4.78, 5) is 14.7. The van der Waals surface area contributed by atoms with Crippen LogP contribution in [0, 0.1) is 20.8 Å². The van der Waals surface area contributed by atoms with Gasteiger partial charge >= 0.3 is 0 Å². The van der Waals surface area contributed by atoms with Crippen molar-refractivity contribution < 1.29 is 17.9 Å². The van der Waals surface area contributed by atoms with E-state index in [0.29, 0.717) is 23.9 Å². The quantitative estimate of drug-likeness (QED) is 0.698. The highest BCUT2D eigenvalue weighted by molar-refractivity contribution is 7.89. The third-order valence-corrected chi connectivity index (χ3v) is 7.79. The first kappa shape index (κ1) is 22.6. The van der Waals surface area contributed by atoms with E-state index in [-0.39, 0.29) is 23.9 Å². The Morgan fingerprint density at radius 1 is 1.00 bits per heavy atom. The number of carbonyl (C=O) groups excluding carboxylic acids is 1. The van der Waals surface area contributed by atoms with Gasteiger partial charge in [-0.25, -0.2) is 8.42 Å². The van der Waals surface area contributed by atoms with Crippen LogP contribution in [0.2, 0.25) is 5.02 Å². The molecule has 6 nitrogen and oxygen atoms in total. The molecule has 0 unspecified atom stereocenters. The van der Waals surface area contributed by atoms with Gasteiger partial charge in [0.25, 0.3) is 5.91 Å². The fraction of sp³-hybridized carbons (Fsp3) is 0.409. The maximum Gasteiger partial charge on any atom is 0.263 e. The average molecular weight is 451 g/mol. The number of piperazine rings is 1. The summed E-state index contributed by atoms with van der Waals surface area (Å²) in [6.07, 6.45) is -0.676. The molecule has 1 fully saturated rings. The van der Waals surface area contributed by atoms with Crippen LogP contribution in [0.25, 0.3) is 0 Å². The Bertz CT molecular complexity index is 1010. The summed E-state index contributed by atoms with van der Waals surface area (Å²) in [7, 11) is -3.56. The molecular weight excluding hydrogens is 424 g/mol. The van der Waals surface area contributed by atoms with E-state index in [4.69, 9.17) is 16.3 Å². The van der Waals surface area contributed by atoms with Crippen molar-refractivity contribution in [2.45, 2.75) is 38.7 Å². The summed E-state index contributed by atoms with van der Waals surface area (Å²) in [5, 5.41) is 0.687. The molecule has 2 aromatic rings. The van der Waals surface area contributed by atoms with Gasteiger partial charge in [0.1, 0.15) is 5.75 Å². The van der Waals surface area contributed by atoms with E-state index in [0.717, 1.165) is 16.7 Å². The van der Waals surface area contributed by atoms with Gasteiger partial charge in [-0.2, -0.15) is 4.31 Å². The first-order chi connectivity index (χ1) is 14.1. The van der Waals surface area contributed by atoms with E-state index in [1.165, 1.54) is 4.31 Å². The Kier molecular flexibility index (Phi) is 6.75. The maximum absolute atomic E-state index is 12.8. The van der Waals surface area contributed by atoms with Crippen molar-refractivity contribution >= 4 is 27.5 Å². The minimum atomic E-state index is -3.56. The number of nitrogens with zero attached hydrogens (tertiary/aromatic N) is 2. The van der Waals surface area contributed by atoms with Crippen LogP contribution in [-0.2, 0) is 14.8 Å². The molecular formula is C22H27ClN2O4S. The molecule has 1 amide bonds. The van der Waals surface area contributed by atoms with Gasteiger partial charge in [0, 0.05) is 31.2 Å². The third kappa shape index (κ3) is 4.79. The SMILES string of the molecule is Cc1ccc(S(=O)(=O)N2CCN(C(=O)[C@H](C)Oc3cc(C)c(Cl)c(C)c3)CC2)cc1. The molecule has 3 rings (SSSR count). The van der Waals surface area contributed by atoms with Crippen molar-refractivity contribution in [3.05, 3.63) is 58.1 Å². The van der Waals surface area contributed by atoms with Crippen molar-refractivity contribution in [3.8, 4) is 5.75 Å². The molecule has 0 bridgehead atoms. The lowest BCUT2D eigenvalue weighted by Gasteiger charge is -2.35. The minimum absolute atomic E-state index is 0.160. The lowest BCUT2D eigenvalue weighted by molar-refractivity contribution is -0.139. The summed E-state index contributed by atoms with van der Waals surface area (Å²) >= 11 is 6.19. The summed E-state index contributed by atoms with van der Waals surface area (Å²) in [5.41, 5.74) is 2.78. The molecule has 1 saturated heterocycles. The molecule has 0 aromatic heterocycles. The number of carbonyl (C=O) groups is 1. The number of benzene rings is 2. The highest BCUT2D eigenvalue weighted by atomic mass is 35.5. The van der Waals surface area contributed by atoms with E-state index >= 15 is 0 Å². The third-order valence-electron chi connectivity index (χ3n) is 5.28. The number of hydrogen-bond acceptors (Lipinski definition) is 4. The van der Waals surface area contributed by atoms with Gasteiger partial charge < -0.3 is 9.64 Å². The number of hydrogen-bond donors (Lipinski definition) is 0. The van der Waals surface area contributed by atoms with Gasteiger partial charge in [0.2, 0.25) is 10.0 Å². The van der Waals surface area contributed by atoms with Gasteiger partial charge in [0.15, 0.2) is 6.10 Å². The molecule has 0 radical (unpaired) electrons. The van der Waals surface area contributed by atoms with Gasteiger partial charge in [-0.05, 0) is 63.1 Å². The largest absolute Gasteiger partial charge is 0.481 e. The molecule has 162 valence electrons. The molecule has 1 aliphatic heterocycles. The Balaban J connectivity index is 1.61. The van der Waals surface area contributed by atoms with Crippen LogP contribution in [0.4, 0.5) is 0 Å². The Labute approximate surface area is 183 Å². The van der Waals surface area contributed by atoms with E-state index in [9.17, 15) is 13.2 Å². The van der Waals surface area contributed by atoms with Crippen LogP contribution in [0.1, 0.15) is 23.6 Å². The predicted octanol–water partition coefficient (Wildman–Crippen LogP) is 3.57. The van der Waals surface area contributed by atoms with Gasteiger partial charge in [-0.15, -0.1) is 0 Å². The molecule has 1 heterocycles. The van der Waals surface area contributed by atoms with Crippen molar-refractivity contribution in [1.82, 2.24) is 9.21 Å². The Morgan fingerprint density at radius 3 is 2.07 bits per heavy atom. The fourth-order valence-electron chi connectivity index (χ4n) is 3.49. The summed E-state index contributed by atoms with van der Waals surface area (Å²) in [6.45, 7) is 8.58. The second kappa shape index (κ2) is 8.96. The molecule has 8 heteroatoms. The van der Waals surface area contributed by atoms with Crippen molar-refractivity contribution in [2.75, 3.05) is 26.2 Å². The lowest BCUT2D eigenvalue weighted by Crippen LogP contribution is -2.53. The predicted molar refractivity (Wildman–Crippen MR) is 118 cm³/mol. The lowest BCUT2D eigenvalue weighted by atomic mass is 10.1. The normalized spacial score (nSPS) is 16.4. The maximum atomic E-state index is 12.8. The second-order valence-corrected chi connectivity index (χ2v) is 9.99. The molecule has 0 saturated carbocycles. The van der Waals surface area contributed by atoms with E-state index in [1.807, 2.05) is 32.9 Å². The smallest absolute Gasteiger partial charge is 0.263 e. The molecule has 0 N–H and O–H groups in total. The molecule has 0 aliphatic carbocycles. The van der Waals surface area contributed by atoms with Crippen LogP contribution in [-0.4, -0.2) is 55.8 Å². The van der Waals surface area contributed by atoms with Gasteiger partial charge in [-0.3, -0.25) is 4.79 Å². The fourth-order valence-corrected chi connectivity index (χ4v) is 5.03. The first-order valence-corrected chi connectivity index (χ1v) is 11.7. The molecule has 30 heavy (non-hydrogen) atoms. The Morgan fingerprint density at radius 2 is 1.53 bits per heavy atom. The number of rotatable bonds is 5. The topological polar surface area (TPSA) is 66.9 Å². The average Bonchev–Trinajstić information content (AvgIpc) is 2.71. The summed E-state index contributed by atoms with van der Waals surface area (Å²) in [6, 6.07) is 10.4. The van der Waals surface area contributed by atoms with Gasteiger partial charge in [-0.1, -0.05) is 29.3 Å². The van der Waals surface area contributed by atoms with Crippen molar-refractivity contribution in [2.24, 2.45) is 0 Å². The minimum Gasteiger partial charge on any atom is -0.481 e. The number of sulfonamides is 1. The van der Waals surface area contributed by atoms with Crippen LogP contribution >= 0.6 is 11.6 Å².